The number of sulfonamides is 1. The maximum Gasteiger partial charge on any atom is 0.233 e. The Kier molecular flexibility index (Phi) is 6.35. The molecular weight excluding hydrogens is 312 g/mol. The van der Waals surface area contributed by atoms with Gasteiger partial charge < -0.3 is 5.11 Å². The summed E-state index contributed by atoms with van der Waals surface area (Å²) in [5.41, 5.74) is 0.818. The number of aliphatic hydroxyl groups excluding tert-OH is 1. The van der Waals surface area contributed by atoms with Crippen molar-refractivity contribution >= 4 is 16.1 Å². The molecule has 0 amide bonds. The fraction of sp³-hybridized carbons (Fsp3) is 0.529. The summed E-state index contributed by atoms with van der Waals surface area (Å²) in [7, 11) is -3.54. The van der Waals surface area contributed by atoms with E-state index in [1.54, 1.807) is 6.08 Å². The van der Waals surface area contributed by atoms with Crippen molar-refractivity contribution in [2.24, 2.45) is 5.92 Å². The maximum atomic E-state index is 11.9. The number of nitrogens with one attached hydrogen (secondary N) is 1. The molecule has 2 N–H and O–H groups in total. The summed E-state index contributed by atoms with van der Waals surface area (Å²) in [5.74, 6) is 0.627. The largest absolute Gasteiger partial charge is 0.390 e. The molecule has 1 aliphatic heterocycles. The Morgan fingerprint density at radius 1 is 1.35 bits per heavy atom. The number of likely N-dealkylation sites (tertiary alicyclic amines) is 1. The van der Waals surface area contributed by atoms with E-state index >= 15 is 0 Å². The summed E-state index contributed by atoms with van der Waals surface area (Å²) in [6.45, 7) is 5.82. The van der Waals surface area contributed by atoms with Crippen LogP contribution in [-0.4, -0.2) is 50.2 Å². The van der Waals surface area contributed by atoms with E-state index in [0.717, 1.165) is 23.9 Å². The van der Waals surface area contributed by atoms with Gasteiger partial charge in [0.05, 0.1) is 6.10 Å². The van der Waals surface area contributed by atoms with Crippen molar-refractivity contribution in [3.63, 3.8) is 0 Å². The van der Waals surface area contributed by atoms with Crippen molar-refractivity contribution in [1.29, 1.82) is 0 Å². The average molecular weight is 338 g/mol. The molecule has 0 radical (unpaired) electrons. The third-order valence-electron chi connectivity index (χ3n) is 4.12. The molecule has 1 aliphatic rings. The summed E-state index contributed by atoms with van der Waals surface area (Å²) in [6.07, 6.45) is 1.96. The molecule has 0 bridgehead atoms. The van der Waals surface area contributed by atoms with Crippen LogP contribution in [0.15, 0.2) is 35.7 Å². The molecule has 3 atom stereocenters. The number of benzene rings is 1. The van der Waals surface area contributed by atoms with E-state index < -0.39 is 16.1 Å². The molecule has 1 aromatic rings. The van der Waals surface area contributed by atoms with Gasteiger partial charge >= 0.3 is 0 Å². The standard InChI is InChI=1S/C17H26N2O3S/c1-14-10-15(2)19(12-14)13-17(20)11-18-23(21,22)9-8-16-6-4-3-5-7-16/h3-9,14-15,17-18,20H,10-13H2,1-2H3/b9-8+/t14?,15?,17-/m0/s1. The van der Waals surface area contributed by atoms with Crippen LogP contribution in [0.2, 0.25) is 0 Å². The number of hydrogen-bond acceptors (Lipinski definition) is 4. The summed E-state index contributed by atoms with van der Waals surface area (Å²) in [5, 5.41) is 11.2. The van der Waals surface area contributed by atoms with Crippen LogP contribution in [0.5, 0.6) is 0 Å². The van der Waals surface area contributed by atoms with Crippen LogP contribution in [0, 0.1) is 5.92 Å². The Balaban J connectivity index is 1.81. The Labute approximate surface area is 139 Å². The number of hydrogen-bond donors (Lipinski definition) is 2. The molecule has 6 heteroatoms. The first kappa shape index (κ1) is 18.1. The lowest BCUT2D eigenvalue weighted by molar-refractivity contribution is 0.111. The van der Waals surface area contributed by atoms with Gasteiger partial charge in [0.1, 0.15) is 0 Å². The predicted octanol–water partition coefficient (Wildman–Crippen LogP) is 1.67. The third kappa shape index (κ3) is 6.06. The fourth-order valence-corrected chi connectivity index (χ4v) is 3.83. The van der Waals surface area contributed by atoms with Crippen molar-refractivity contribution in [1.82, 2.24) is 9.62 Å². The zero-order valence-electron chi connectivity index (χ0n) is 13.7. The lowest BCUT2D eigenvalue weighted by atomic mass is 10.1. The molecule has 23 heavy (non-hydrogen) atoms. The molecule has 0 aliphatic carbocycles. The Morgan fingerprint density at radius 3 is 2.65 bits per heavy atom. The first-order valence-corrected chi connectivity index (χ1v) is 9.55. The summed E-state index contributed by atoms with van der Waals surface area (Å²) in [4.78, 5) is 2.21. The monoisotopic (exact) mass is 338 g/mol. The SMILES string of the molecule is CC1CC(C)N(C[C@@H](O)CNS(=O)(=O)/C=C/c2ccccc2)C1. The lowest BCUT2D eigenvalue weighted by Crippen LogP contribution is -2.41. The van der Waals surface area contributed by atoms with Gasteiger partial charge in [-0.1, -0.05) is 37.3 Å². The minimum absolute atomic E-state index is 0.0268. The smallest absolute Gasteiger partial charge is 0.233 e. The van der Waals surface area contributed by atoms with E-state index in [2.05, 4.69) is 23.5 Å². The molecule has 0 saturated carbocycles. The first-order valence-electron chi connectivity index (χ1n) is 8.00. The Hall–Kier alpha value is -1.21. The van der Waals surface area contributed by atoms with Gasteiger partial charge in [-0.2, -0.15) is 0 Å². The second kappa shape index (κ2) is 8.06. The van der Waals surface area contributed by atoms with Gasteiger partial charge in [-0.3, -0.25) is 4.90 Å². The van der Waals surface area contributed by atoms with E-state index in [1.165, 1.54) is 0 Å². The zero-order chi connectivity index (χ0) is 16.9. The summed E-state index contributed by atoms with van der Waals surface area (Å²) in [6, 6.07) is 9.67. The molecule has 2 unspecified atom stereocenters. The highest BCUT2D eigenvalue weighted by molar-refractivity contribution is 7.92. The number of nitrogens with zero attached hydrogens (tertiary/aromatic N) is 1. The van der Waals surface area contributed by atoms with Gasteiger partial charge in [-0.15, -0.1) is 0 Å². The van der Waals surface area contributed by atoms with Crippen LogP contribution in [0.4, 0.5) is 0 Å². The van der Waals surface area contributed by atoms with Crippen molar-refractivity contribution < 1.29 is 13.5 Å². The summed E-state index contributed by atoms with van der Waals surface area (Å²) >= 11 is 0. The maximum absolute atomic E-state index is 11.9. The normalized spacial score (nSPS) is 24.3. The van der Waals surface area contributed by atoms with Gasteiger partial charge in [-0.05, 0) is 30.9 Å². The molecule has 1 fully saturated rings. The molecule has 0 aromatic heterocycles. The van der Waals surface area contributed by atoms with Gasteiger partial charge in [0.2, 0.25) is 10.0 Å². The van der Waals surface area contributed by atoms with Crippen LogP contribution in [-0.2, 0) is 10.0 Å². The van der Waals surface area contributed by atoms with E-state index in [4.69, 9.17) is 0 Å². The van der Waals surface area contributed by atoms with Gasteiger partial charge in [0.15, 0.2) is 0 Å². The molecule has 5 nitrogen and oxygen atoms in total. The van der Waals surface area contributed by atoms with Crippen molar-refractivity contribution in [3.05, 3.63) is 41.3 Å². The Bertz CT molecular complexity index is 616. The van der Waals surface area contributed by atoms with Crippen molar-refractivity contribution in [2.75, 3.05) is 19.6 Å². The van der Waals surface area contributed by atoms with E-state index in [1.807, 2.05) is 30.3 Å². The van der Waals surface area contributed by atoms with Crippen LogP contribution in [0.1, 0.15) is 25.8 Å². The topological polar surface area (TPSA) is 69.6 Å². The molecule has 0 spiro atoms. The van der Waals surface area contributed by atoms with Gasteiger partial charge in [0.25, 0.3) is 0 Å². The number of rotatable bonds is 7. The zero-order valence-corrected chi connectivity index (χ0v) is 14.5. The van der Waals surface area contributed by atoms with E-state index in [0.29, 0.717) is 18.5 Å². The quantitative estimate of drug-likeness (QED) is 0.793. The number of aliphatic hydroxyl groups is 1. The molecule has 1 saturated heterocycles. The van der Waals surface area contributed by atoms with Crippen LogP contribution in [0.3, 0.4) is 0 Å². The second-order valence-electron chi connectivity index (χ2n) is 6.40. The molecular formula is C17H26N2O3S. The number of β-amino-alcohol motifs (C(OH)–C–C–N with tert-alkyl or cyclic N) is 1. The van der Waals surface area contributed by atoms with Crippen LogP contribution in [0.25, 0.3) is 6.08 Å². The highest BCUT2D eigenvalue weighted by Gasteiger charge is 2.27. The molecule has 128 valence electrons. The third-order valence-corrected chi connectivity index (χ3v) is 5.18. The highest BCUT2D eigenvalue weighted by atomic mass is 32.2. The van der Waals surface area contributed by atoms with Gasteiger partial charge in [-0.25, -0.2) is 13.1 Å². The lowest BCUT2D eigenvalue weighted by Gasteiger charge is -2.24. The van der Waals surface area contributed by atoms with E-state index in [-0.39, 0.29) is 6.54 Å². The van der Waals surface area contributed by atoms with Crippen LogP contribution >= 0.6 is 0 Å². The average Bonchev–Trinajstić information content (AvgIpc) is 2.82. The van der Waals surface area contributed by atoms with Crippen LogP contribution < -0.4 is 4.72 Å². The minimum atomic E-state index is -3.54. The van der Waals surface area contributed by atoms with E-state index in [9.17, 15) is 13.5 Å². The van der Waals surface area contributed by atoms with Crippen molar-refractivity contribution in [3.8, 4) is 0 Å². The molecule has 1 heterocycles. The Morgan fingerprint density at radius 2 is 2.04 bits per heavy atom. The van der Waals surface area contributed by atoms with Crippen molar-refractivity contribution in [2.45, 2.75) is 32.4 Å². The predicted molar refractivity (Wildman–Crippen MR) is 93.2 cm³/mol. The first-order chi connectivity index (χ1) is 10.9. The fourth-order valence-electron chi connectivity index (χ4n) is 2.97. The minimum Gasteiger partial charge on any atom is -0.390 e. The molecule has 2 rings (SSSR count). The molecule has 1 aromatic carbocycles. The highest BCUT2D eigenvalue weighted by Crippen LogP contribution is 2.22. The van der Waals surface area contributed by atoms with Gasteiger partial charge in [0, 0.05) is 31.1 Å². The second-order valence-corrected chi connectivity index (χ2v) is 8.06. The summed E-state index contributed by atoms with van der Waals surface area (Å²) < 4.78 is 26.3.